The van der Waals surface area contributed by atoms with Crippen molar-refractivity contribution in [1.82, 2.24) is 0 Å². The predicted octanol–water partition coefficient (Wildman–Crippen LogP) is 2.40. The molecule has 1 N–H and O–H groups in total. The second-order valence-corrected chi connectivity index (χ2v) is 5.48. The summed E-state index contributed by atoms with van der Waals surface area (Å²) >= 11 is 0. The van der Waals surface area contributed by atoms with Crippen molar-refractivity contribution in [3.63, 3.8) is 0 Å². The van der Waals surface area contributed by atoms with Gasteiger partial charge in [-0.1, -0.05) is 20.3 Å². The Kier molecular flexibility index (Phi) is 8.11. The zero-order valence-corrected chi connectivity index (χ0v) is 12.8. The molecule has 4 atom stereocenters. The van der Waals surface area contributed by atoms with E-state index in [1.165, 1.54) is 6.92 Å². The molecule has 0 radical (unpaired) electrons. The van der Waals surface area contributed by atoms with Crippen molar-refractivity contribution in [3.05, 3.63) is 0 Å². The number of aliphatic hydroxyl groups is 1. The Hall–Kier alpha value is -0.650. The number of carbonyl (C=O) groups excluding carboxylic acids is 1. The van der Waals surface area contributed by atoms with Crippen LogP contribution in [0.2, 0.25) is 0 Å². The SMILES string of the molecule is CCCC(CC(O)CC1CC(CC)OCO1)OC(C)=O. The van der Waals surface area contributed by atoms with Crippen molar-refractivity contribution in [2.45, 2.75) is 83.7 Å². The van der Waals surface area contributed by atoms with Gasteiger partial charge >= 0.3 is 5.97 Å². The fraction of sp³-hybridized carbons (Fsp3) is 0.933. The molecular weight excluding hydrogens is 260 g/mol. The molecular formula is C15H28O5. The topological polar surface area (TPSA) is 65.0 Å². The number of hydrogen-bond donors (Lipinski definition) is 1. The third-order valence-corrected chi connectivity index (χ3v) is 3.60. The highest BCUT2D eigenvalue weighted by Gasteiger charge is 2.26. The van der Waals surface area contributed by atoms with Crippen LogP contribution in [0.15, 0.2) is 0 Å². The highest BCUT2D eigenvalue weighted by molar-refractivity contribution is 5.66. The molecule has 0 aromatic rings. The lowest BCUT2D eigenvalue weighted by atomic mass is 9.98. The minimum absolute atomic E-state index is 0.0308. The summed E-state index contributed by atoms with van der Waals surface area (Å²) < 4.78 is 16.2. The maximum absolute atomic E-state index is 11.0. The van der Waals surface area contributed by atoms with E-state index in [4.69, 9.17) is 14.2 Å². The van der Waals surface area contributed by atoms with E-state index in [1.54, 1.807) is 0 Å². The first-order chi connectivity index (χ1) is 9.55. The number of hydrogen-bond acceptors (Lipinski definition) is 5. The lowest BCUT2D eigenvalue weighted by Crippen LogP contribution is -2.34. The van der Waals surface area contributed by atoms with E-state index >= 15 is 0 Å². The molecule has 1 aliphatic rings. The van der Waals surface area contributed by atoms with Crippen molar-refractivity contribution in [3.8, 4) is 0 Å². The third-order valence-electron chi connectivity index (χ3n) is 3.60. The number of esters is 1. The van der Waals surface area contributed by atoms with Gasteiger partial charge in [0.15, 0.2) is 0 Å². The number of aliphatic hydroxyl groups excluding tert-OH is 1. The quantitative estimate of drug-likeness (QED) is 0.695. The van der Waals surface area contributed by atoms with E-state index in [0.29, 0.717) is 19.6 Å². The second-order valence-electron chi connectivity index (χ2n) is 5.48. The normalized spacial score (nSPS) is 26.0. The van der Waals surface area contributed by atoms with Gasteiger partial charge in [0, 0.05) is 19.8 Å². The molecule has 118 valence electrons. The van der Waals surface area contributed by atoms with Crippen LogP contribution in [0.1, 0.15) is 59.3 Å². The van der Waals surface area contributed by atoms with Crippen LogP contribution < -0.4 is 0 Å². The van der Waals surface area contributed by atoms with Crippen LogP contribution >= 0.6 is 0 Å². The van der Waals surface area contributed by atoms with E-state index < -0.39 is 6.10 Å². The molecule has 1 fully saturated rings. The van der Waals surface area contributed by atoms with Crippen molar-refractivity contribution < 1.29 is 24.1 Å². The Balaban J connectivity index is 2.36. The molecule has 0 amide bonds. The zero-order chi connectivity index (χ0) is 15.0. The summed E-state index contributed by atoms with van der Waals surface area (Å²) in [5.74, 6) is -0.288. The van der Waals surface area contributed by atoms with Gasteiger partial charge in [-0.05, 0) is 19.3 Å². The van der Waals surface area contributed by atoms with Crippen LogP contribution in [-0.4, -0.2) is 42.3 Å². The second kappa shape index (κ2) is 9.32. The lowest BCUT2D eigenvalue weighted by Gasteiger charge is -2.31. The highest BCUT2D eigenvalue weighted by Crippen LogP contribution is 2.22. The molecule has 0 aliphatic carbocycles. The molecule has 1 heterocycles. The molecule has 5 nitrogen and oxygen atoms in total. The summed E-state index contributed by atoms with van der Waals surface area (Å²) in [7, 11) is 0. The Morgan fingerprint density at radius 2 is 2.05 bits per heavy atom. The van der Waals surface area contributed by atoms with Gasteiger partial charge in [-0.15, -0.1) is 0 Å². The van der Waals surface area contributed by atoms with E-state index in [-0.39, 0.29) is 24.3 Å². The Bertz CT molecular complexity index is 281. The first-order valence-corrected chi connectivity index (χ1v) is 7.63. The molecule has 1 aliphatic heterocycles. The summed E-state index contributed by atoms with van der Waals surface area (Å²) in [6.07, 6.45) is 4.08. The van der Waals surface area contributed by atoms with Crippen LogP contribution in [-0.2, 0) is 19.0 Å². The van der Waals surface area contributed by atoms with Gasteiger partial charge in [-0.3, -0.25) is 4.79 Å². The Labute approximate surface area is 121 Å². The molecule has 4 unspecified atom stereocenters. The summed E-state index contributed by atoms with van der Waals surface area (Å²) in [5, 5.41) is 10.2. The third kappa shape index (κ3) is 6.68. The maximum Gasteiger partial charge on any atom is 0.302 e. The minimum Gasteiger partial charge on any atom is -0.462 e. The fourth-order valence-corrected chi connectivity index (χ4v) is 2.59. The summed E-state index contributed by atoms with van der Waals surface area (Å²) in [4.78, 5) is 11.0. The molecule has 1 rings (SSSR count). The van der Waals surface area contributed by atoms with Crippen LogP contribution in [0.25, 0.3) is 0 Å². The molecule has 0 saturated carbocycles. The molecule has 0 aromatic carbocycles. The van der Waals surface area contributed by atoms with Crippen LogP contribution in [0, 0.1) is 0 Å². The van der Waals surface area contributed by atoms with Gasteiger partial charge in [-0.25, -0.2) is 0 Å². The first-order valence-electron chi connectivity index (χ1n) is 7.63. The van der Waals surface area contributed by atoms with Crippen molar-refractivity contribution in [2.75, 3.05) is 6.79 Å². The standard InChI is InChI=1S/C15H28O5/c1-4-6-14(20-11(3)16)7-12(17)8-15-9-13(5-2)18-10-19-15/h12-15,17H,4-10H2,1-3H3. The van der Waals surface area contributed by atoms with Crippen LogP contribution in [0.4, 0.5) is 0 Å². The average molecular weight is 288 g/mol. The largest absolute Gasteiger partial charge is 0.462 e. The van der Waals surface area contributed by atoms with Crippen molar-refractivity contribution in [1.29, 1.82) is 0 Å². The zero-order valence-electron chi connectivity index (χ0n) is 12.8. The molecule has 20 heavy (non-hydrogen) atoms. The summed E-state index contributed by atoms with van der Waals surface area (Å²) in [6.45, 7) is 5.83. The number of rotatable bonds is 8. The Morgan fingerprint density at radius 3 is 2.65 bits per heavy atom. The van der Waals surface area contributed by atoms with Gasteiger partial charge in [0.05, 0.1) is 18.3 Å². The van der Waals surface area contributed by atoms with E-state index in [0.717, 1.165) is 25.7 Å². The minimum atomic E-state index is -0.508. The van der Waals surface area contributed by atoms with Gasteiger partial charge in [0.2, 0.25) is 0 Å². The Morgan fingerprint density at radius 1 is 1.35 bits per heavy atom. The smallest absolute Gasteiger partial charge is 0.302 e. The van der Waals surface area contributed by atoms with Gasteiger partial charge in [0.1, 0.15) is 12.9 Å². The molecule has 0 spiro atoms. The molecule has 1 saturated heterocycles. The van der Waals surface area contributed by atoms with Gasteiger partial charge < -0.3 is 19.3 Å². The molecule has 0 bridgehead atoms. The van der Waals surface area contributed by atoms with Crippen LogP contribution in [0.5, 0.6) is 0 Å². The van der Waals surface area contributed by atoms with Crippen molar-refractivity contribution in [2.24, 2.45) is 0 Å². The number of carbonyl (C=O) groups is 1. The average Bonchev–Trinajstić information content (AvgIpc) is 2.38. The van der Waals surface area contributed by atoms with Crippen molar-refractivity contribution >= 4 is 5.97 Å². The van der Waals surface area contributed by atoms with Gasteiger partial charge in [-0.2, -0.15) is 0 Å². The molecule has 0 aromatic heterocycles. The first kappa shape index (κ1) is 17.4. The lowest BCUT2D eigenvalue weighted by molar-refractivity contribution is -0.183. The van der Waals surface area contributed by atoms with E-state index in [1.807, 2.05) is 6.92 Å². The van der Waals surface area contributed by atoms with Crippen LogP contribution in [0.3, 0.4) is 0 Å². The fourth-order valence-electron chi connectivity index (χ4n) is 2.59. The summed E-state index contributed by atoms with van der Waals surface area (Å²) in [5.41, 5.74) is 0. The summed E-state index contributed by atoms with van der Waals surface area (Å²) in [6, 6.07) is 0. The monoisotopic (exact) mass is 288 g/mol. The highest BCUT2D eigenvalue weighted by atomic mass is 16.7. The maximum atomic E-state index is 11.0. The van der Waals surface area contributed by atoms with Gasteiger partial charge in [0.25, 0.3) is 0 Å². The predicted molar refractivity (Wildman–Crippen MR) is 75.2 cm³/mol. The van der Waals surface area contributed by atoms with E-state index in [2.05, 4.69) is 6.92 Å². The van der Waals surface area contributed by atoms with E-state index in [9.17, 15) is 9.90 Å². The number of ether oxygens (including phenoxy) is 3. The molecule has 5 heteroatoms.